The van der Waals surface area contributed by atoms with Crippen molar-refractivity contribution in [3.05, 3.63) is 52.4 Å². The molecular weight excluding hydrogens is 322 g/mol. The fourth-order valence-corrected chi connectivity index (χ4v) is 2.78. The summed E-state index contributed by atoms with van der Waals surface area (Å²) >= 11 is 4.94. The number of thiazole rings is 1. The standard InChI is InChI=1S/C14H10BrN3S/c15-9-5-6-12(17-7-9)14-18-13(8-19-14)10-3-1-2-4-11(10)16/h1-8H,16H2. The van der Waals surface area contributed by atoms with Crippen LogP contribution >= 0.6 is 27.3 Å². The first-order valence-electron chi connectivity index (χ1n) is 5.66. The summed E-state index contributed by atoms with van der Waals surface area (Å²) in [6.07, 6.45) is 1.77. The molecule has 0 saturated carbocycles. The number of nitrogen functional groups attached to an aromatic ring is 1. The number of rotatable bonds is 2. The average Bonchev–Trinajstić information content (AvgIpc) is 2.89. The van der Waals surface area contributed by atoms with Gasteiger partial charge in [0.15, 0.2) is 0 Å². The maximum absolute atomic E-state index is 5.96. The van der Waals surface area contributed by atoms with E-state index in [1.807, 2.05) is 41.8 Å². The van der Waals surface area contributed by atoms with Gasteiger partial charge in [0, 0.05) is 27.3 Å². The molecule has 5 heteroatoms. The van der Waals surface area contributed by atoms with Gasteiger partial charge in [-0.05, 0) is 34.1 Å². The highest BCUT2D eigenvalue weighted by molar-refractivity contribution is 9.10. The summed E-state index contributed by atoms with van der Waals surface area (Å²) in [5.41, 5.74) is 9.42. The Kier molecular flexibility index (Phi) is 3.31. The molecule has 0 aliphatic carbocycles. The van der Waals surface area contributed by atoms with E-state index in [-0.39, 0.29) is 0 Å². The van der Waals surface area contributed by atoms with E-state index in [9.17, 15) is 0 Å². The quantitative estimate of drug-likeness (QED) is 0.715. The van der Waals surface area contributed by atoms with Gasteiger partial charge in [-0.15, -0.1) is 11.3 Å². The van der Waals surface area contributed by atoms with Crippen LogP contribution in [0.5, 0.6) is 0 Å². The summed E-state index contributed by atoms with van der Waals surface area (Å²) < 4.78 is 0.959. The maximum Gasteiger partial charge on any atom is 0.142 e. The number of hydrogen-bond acceptors (Lipinski definition) is 4. The van der Waals surface area contributed by atoms with E-state index in [4.69, 9.17) is 5.73 Å². The molecule has 0 aliphatic rings. The molecule has 2 heterocycles. The molecule has 3 nitrogen and oxygen atoms in total. The Hall–Kier alpha value is -1.72. The molecule has 0 aliphatic heterocycles. The highest BCUT2D eigenvalue weighted by atomic mass is 79.9. The first kappa shape index (κ1) is 12.3. The van der Waals surface area contributed by atoms with Gasteiger partial charge in [-0.2, -0.15) is 0 Å². The van der Waals surface area contributed by atoms with Gasteiger partial charge in [0.1, 0.15) is 5.01 Å². The van der Waals surface area contributed by atoms with Crippen LogP contribution in [0.15, 0.2) is 52.4 Å². The lowest BCUT2D eigenvalue weighted by Crippen LogP contribution is -1.89. The average molecular weight is 332 g/mol. The number of nitrogens with zero attached hydrogens (tertiary/aromatic N) is 2. The normalized spacial score (nSPS) is 10.6. The van der Waals surface area contributed by atoms with Crippen molar-refractivity contribution in [1.82, 2.24) is 9.97 Å². The molecule has 2 aromatic heterocycles. The summed E-state index contributed by atoms with van der Waals surface area (Å²) in [4.78, 5) is 8.95. The molecule has 2 N–H and O–H groups in total. The van der Waals surface area contributed by atoms with Crippen LogP contribution in [0.3, 0.4) is 0 Å². The summed E-state index contributed by atoms with van der Waals surface area (Å²) in [7, 11) is 0. The highest BCUT2D eigenvalue weighted by Crippen LogP contribution is 2.30. The smallest absolute Gasteiger partial charge is 0.142 e. The fourth-order valence-electron chi connectivity index (χ4n) is 1.75. The van der Waals surface area contributed by atoms with Crippen LogP contribution in [-0.4, -0.2) is 9.97 Å². The topological polar surface area (TPSA) is 51.8 Å². The molecule has 0 fully saturated rings. The summed E-state index contributed by atoms with van der Waals surface area (Å²) in [5.74, 6) is 0. The highest BCUT2D eigenvalue weighted by Gasteiger charge is 2.09. The van der Waals surface area contributed by atoms with E-state index in [0.29, 0.717) is 0 Å². The van der Waals surface area contributed by atoms with Crippen molar-refractivity contribution in [2.45, 2.75) is 0 Å². The second-order valence-electron chi connectivity index (χ2n) is 3.99. The van der Waals surface area contributed by atoms with Crippen molar-refractivity contribution in [3.8, 4) is 22.0 Å². The van der Waals surface area contributed by atoms with Crippen LogP contribution in [0, 0.1) is 0 Å². The third kappa shape index (κ3) is 2.52. The van der Waals surface area contributed by atoms with E-state index >= 15 is 0 Å². The SMILES string of the molecule is Nc1ccccc1-c1csc(-c2ccc(Br)cn2)n1. The Bertz CT molecular complexity index is 707. The van der Waals surface area contributed by atoms with Crippen molar-refractivity contribution < 1.29 is 0 Å². The van der Waals surface area contributed by atoms with Crippen LogP contribution in [0.1, 0.15) is 0 Å². The second-order valence-corrected chi connectivity index (χ2v) is 5.76. The molecule has 0 bridgehead atoms. The van der Waals surface area contributed by atoms with Crippen molar-refractivity contribution in [2.24, 2.45) is 0 Å². The lowest BCUT2D eigenvalue weighted by molar-refractivity contribution is 1.28. The van der Waals surface area contributed by atoms with E-state index in [0.717, 1.165) is 32.1 Å². The maximum atomic E-state index is 5.96. The summed E-state index contributed by atoms with van der Waals surface area (Å²) in [6.45, 7) is 0. The number of para-hydroxylation sites is 1. The number of halogens is 1. The Morgan fingerprint density at radius 2 is 1.89 bits per heavy atom. The Morgan fingerprint density at radius 1 is 1.05 bits per heavy atom. The molecular formula is C14H10BrN3S. The largest absolute Gasteiger partial charge is 0.398 e. The number of nitrogens with two attached hydrogens (primary N) is 1. The molecule has 1 aromatic carbocycles. The zero-order chi connectivity index (χ0) is 13.2. The molecule has 0 unspecified atom stereocenters. The van der Waals surface area contributed by atoms with E-state index in [1.165, 1.54) is 0 Å². The van der Waals surface area contributed by atoms with Crippen LogP contribution in [0.25, 0.3) is 22.0 Å². The summed E-state index contributed by atoms with van der Waals surface area (Å²) in [5, 5.41) is 2.90. The monoisotopic (exact) mass is 331 g/mol. The van der Waals surface area contributed by atoms with Gasteiger partial charge in [0.2, 0.25) is 0 Å². The van der Waals surface area contributed by atoms with Gasteiger partial charge in [-0.1, -0.05) is 18.2 Å². The van der Waals surface area contributed by atoms with E-state index in [2.05, 4.69) is 25.9 Å². The molecule has 94 valence electrons. The second kappa shape index (κ2) is 5.11. The van der Waals surface area contributed by atoms with Crippen LogP contribution in [-0.2, 0) is 0 Å². The molecule has 3 rings (SSSR count). The number of aromatic nitrogens is 2. The number of benzene rings is 1. The molecule has 0 saturated heterocycles. The summed E-state index contributed by atoms with van der Waals surface area (Å²) in [6, 6.07) is 11.6. The lowest BCUT2D eigenvalue weighted by atomic mass is 10.1. The molecule has 0 spiro atoms. The Balaban J connectivity index is 2.00. The molecule has 0 radical (unpaired) electrons. The van der Waals surface area contributed by atoms with Crippen molar-refractivity contribution >= 4 is 33.0 Å². The molecule has 0 amide bonds. The van der Waals surface area contributed by atoms with Gasteiger partial charge >= 0.3 is 0 Å². The molecule has 19 heavy (non-hydrogen) atoms. The van der Waals surface area contributed by atoms with Crippen LogP contribution in [0.2, 0.25) is 0 Å². The van der Waals surface area contributed by atoms with E-state index < -0.39 is 0 Å². The molecule has 0 atom stereocenters. The van der Waals surface area contributed by atoms with E-state index in [1.54, 1.807) is 17.5 Å². The van der Waals surface area contributed by atoms with Crippen molar-refractivity contribution in [3.63, 3.8) is 0 Å². The van der Waals surface area contributed by atoms with Gasteiger partial charge in [0.05, 0.1) is 11.4 Å². The minimum atomic E-state index is 0.739. The third-order valence-electron chi connectivity index (χ3n) is 2.69. The van der Waals surface area contributed by atoms with Gasteiger partial charge in [-0.25, -0.2) is 4.98 Å². The Labute approximate surface area is 123 Å². The van der Waals surface area contributed by atoms with Crippen molar-refractivity contribution in [2.75, 3.05) is 5.73 Å². The number of hydrogen-bond donors (Lipinski definition) is 1. The van der Waals surface area contributed by atoms with Crippen molar-refractivity contribution in [1.29, 1.82) is 0 Å². The first-order chi connectivity index (χ1) is 9.24. The van der Waals surface area contributed by atoms with Gasteiger partial charge < -0.3 is 5.73 Å². The van der Waals surface area contributed by atoms with Crippen LogP contribution < -0.4 is 5.73 Å². The van der Waals surface area contributed by atoms with Gasteiger partial charge in [0.25, 0.3) is 0 Å². The van der Waals surface area contributed by atoms with Crippen LogP contribution in [0.4, 0.5) is 5.69 Å². The minimum Gasteiger partial charge on any atom is -0.398 e. The molecule has 3 aromatic rings. The predicted molar refractivity (Wildman–Crippen MR) is 82.9 cm³/mol. The van der Waals surface area contributed by atoms with Gasteiger partial charge in [-0.3, -0.25) is 4.98 Å². The zero-order valence-corrected chi connectivity index (χ0v) is 12.3. The first-order valence-corrected chi connectivity index (χ1v) is 7.33. The predicted octanol–water partition coefficient (Wildman–Crippen LogP) is 4.22. The fraction of sp³-hybridized carbons (Fsp3) is 0. The zero-order valence-electron chi connectivity index (χ0n) is 9.88. The minimum absolute atomic E-state index is 0.739. The number of anilines is 1. The lowest BCUT2D eigenvalue weighted by Gasteiger charge is -2.00. The third-order valence-corrected chi connectivity index (χ3v) is 4.02. The number of pyridine rings is 1. The Morgan fingerprint density at radius 3 is 2.63 bits per heavy atom.